The van der Waals surface area contributed by atoms with E-state index in [9.17, 15) is 9.59 Å². The second-order valence-electron chi connectivity index (χ2n) is 3.10. The molecule has 0 atom stereocenters. The molecule has 4 nitrogen and oxygen atoms in total. The van der Waals surface area contributed by atoms with Gasteiger partial charge in [0.15, 0.2) is 0 Å². The second kappa shape index (κ2) is 3.86. The van der Waals surface area contributed by atoms with Crippen LogP contribution in [-0.4, -0.2) is 29.3 Å². The van der Waals surface area contributed by atoms with Crippen molar-refractivity contribution in [2.75, 3.05) is 17.2 Å². The van der Waals surface area contributed by atoms with Crippen LogP contribution in [0.5, 0.6) is 0 Å². The molecule has 2 rings (SSSR count). The molecule has 0 unspecified atom stereocenters. The van der Waals surface area contributed by atoms with Crippen LogP contribution in [0.15, 0.2) is 11.0 Å². The zero-order valence-corrected chi connectivity index (χ0v) is 9.65. The molecule has 6 heteroatoms. The predicted molar refractivity (Wildman–Crippen MR) is 60.0 cm³/mol. The molecule has 0 aliphatic carbocycles. The van der Waals surface area contributed by atoms with Crippen molar-refractivity contribution in [3.05, 3.63) is 10.9 Å². The maximum Gasteiger partial charge on any atom is 0.345 e. The third-order valence-electron chi connectivity index (χ3n) is 2.09. The van der Waals surface area contributed by atoms with Crippen molar-refractivity contribution in [3.8, 4) is 0 Å². The number of amides is 1. The Morgan fingerprint density at radius 1 is 1.53 bits per heavy atom. The highest BCUT2D eigenvalue weighted by Crippen LogP contribution is 2.41. The van der Waals surface area contributed by atoms with Crippen molar-refractivity contribution >= 4 is 40.0 Å². The lowest BCUT2D eigenvalue weighted by Gasteiger charge is -2.24. The zero-order chi connectivity index (χ0) is 11.0. The van der Waals surface area contributed by atoms with Crippen molar-refractivity contribution in [3.63, 3.8) is 0 Å². The molecule has 1 aliphatic heterocycles. The van der Waals surface area contributed by atoms with E-state index in [1.807, 2.05) is 0 Å². The van der Waals surface area contributed by atoms with Gasteiger partial charge in [-0.1, -0.05) is 0 Å². The van der Waals surface area contributed by atoms with Gasteiger partial charge in [0.1, 0.15) is 9.88 Å². The van der Waals surface area contributed by atoms with Gasteiger partial charge in [0.25, 0.3) is 0 Å². The van der Waals surface area contributed by atoms with E-state index in [1.165, 1.54) is 6.92 Å². The molecule has 0 fully saturated rings. The standard InChI is InChI=1S/C9H9NO3S2/c1-5(11)10-2-3-14-6-4-7(9(12)13)15-8(6)10/h4H,2-3H2,1H3,(H,12,13). The van der Waals surface area contributed by atoms with Crippen LogP contribution in [-0.2, 0) is 4.79 Å². The number of carboxylic acid groups (broad SMARTS) is 1. The predicted octanol–water partition coefficient (Wildman–Crippen LogP) is 1.90. The summed E-state index contributed by atoms with van der Waals surface area (Å²) in [6.45, 7) is 2.16. The molecule has 1 aromatic heterocycles. The smallest absolute Gasteiger partial charge is 0.345 e. The van der Waals surface area contributed by atoms with Gasteiger partial charge in [-0.15, -0.1) is 23.1 Å². The van der Waals surface area contributed by atoms with Crippen LogP contribution >= 0.6 is 23.1 Å². The summed E-state index contributed by atoms with van der Waals surface area (Å²) in [7, 11) is 0. The number of rotatable bonds is 1. The third kappa shape index (κ3) is 1.87. The first-order valence-corrected chi connectivity index (χ1v) is 6.18. The first-order chi connectivity index (χ1) is 7.09. The highest BCUT2D eigenvalue weighted by atomic mass is 32.2. The number of carbonyl (C=O) groups is 2. The fourth-order valence-corrected chi connectivity index (χ4v) is 3.68. The first kappa shape index (κ1) is 10.5. The second-order valence-corrected chi connectivity index (χ2v) is 5.27. The molecule has 0 bridgehead atoms. The van der Waals surface area contributed by atoms with Gasteiger partial charge >= 0.3 is 5.97 Å². The van der Waals surface area contributed by atoms with E-state index < -0.39 is 5.97 Å². The van der Waals surface area contributed by atoms with Crippen LogP contribution in [0.1, 0.15) is 16.6 Å². The highest BCUT2D eigenvalue weighted by Gasteiger charge is 2.25. The number of hydrogen-bond donors (Lipinski definition) is 1. The Balaban J connectivity index is 2.43. The van der Waals surface area contributed by atoms with Gasteiger partial charge in [-0.25, -0.2) is 4.79 Å². The molecule has 1 aromatic rings. The van der Waals surface area contributed by atoms with Gasteiger partial charge in [-0.3, -0.25) is 4.79 Å². The summed E-state index contributed by atoms with van der Waals surface area (Å²) < 4.78 is 0. The third-order valence-corrected chi connectivity index (χ3v) is 4.37. The Bertz CT molecular complexity index is 427. The SMILES string of the molecule is CC(=O)N1CCSc2cc(C(=O)O)sc21. The molecular formula is C9H9NO3S2. The van der Waals surface area contributed by atoms with E-state index in [2.05, 4.69) is 0 Å². The molecule has 15 heavy (non-hydrogen) atoms. The molecule has 0 saturated heterocycles. The Morgan fingerprint density at radius 3 is 2.87 bits per heavy atom. The van der Waals surface area contributed by atoms with Crippen LogP contribution in [0, 0.1) is 0 Å². The topological polar surface area (TPSA) is 57.6 Å². The molecular weight excluding hydrogens is 234 g/mol. The van der Waals surface area contributed by atoms with E-state index in [-0.39, 0.29) is 5.91 Å². The summed E-state index contributed by atoms with van der Waals surface area (Å²) >= 11 is 2.77. The highest BCUT2D eigenvalue weighted by molar-refractivity contribution is 7.99. The zero-order valence-electron chi connectivity index (χ0n) is 8.02. The normalized spacial score (nSPS) is 14.9. The average Bonchev–Trinajstić information content (AvgIpc) is 2.60. The van der Waals surface area contributed by atoms with Gasteiger partial charge in [0, 0.05) is 24.1 Å². The van der Waals surface area contributed by atoms with Gasteiger partial charge < -0.3 is 10.0 Å². The van der Waals surface area contributed by atoms with E-state index in [4.69, 9.17) is 5.11 Å². The van der Waals surface area contributed by atoms with E-state index in [1.54, 1.807) is 22.7 Å². The molecule has 2 heterocycles. The van der Waals surface area contributed by atoms with Crippen molar-refractivity contribution in [2.24, 2.45) is 0 Å². The Morgan fingerprint density at radius 2 is 2.27 bits per heavy atom. The maximum absolute atomic E-state index is 11.3. The fraction of sp³-hybridized carbons (Fsp3) is 0.333. The van der Waals surface area contributed by atoms with Crippen molar-refractivity contribution in [1.82, 2.24) is 0 Å². The lowest BCUT2D eigenvalue weighted by molar-refractivity contribution is -0.116. The maximum atomic E-state index is 11.3. The van der Waals surface area contributed by atoms with Gasteiger partial charge in [0.2, 0.25) is 5.91 Å². The van der Waals surface area contributed by atoms with Crippen molar-refractivity contribution in [1.29, 1.82) is 0 Å². The quantitative estimate of drug-likeness (QED) is 0.818. The number of anilines is 1. The number of nitrogens with zero attached hydrogens (tertiary/aromatic N) is 1. The molecule has 0 aromatic carbocycles. The molecule has 80 valence electrons. The Labute approximate surface area is 94.9 Å². The molecule has 1 N–H and O–H groups in total. The lowest BCUT2D eigenvalue weighted by Crippen LogP contribution is -2.32. The number of hydrogen-bond acceptors (Lipinski definition) is 4. The van der Waals surface area contributed by atoms with Crippen molar-refractivity contribution < 1.29 is 14.7 Å². The van der Waals surface area contributed by atoms with Crippen LogP contribution in [0.2, 0.25) is 0 Å². The summed E-state index contributed by atoms with van der Waals surface area (Å²) in [6.07, 6.45) is 0. The number of thioether (sulfide) groups is 1. The average molecular weight is 243 g/mol. The number of carboxylic acids is 1. The molecule has 0 saturated carbocycles. The van der Waals surface area contributed by atoms with Crippen LogP contribution in [0.3, 0.4) is 0 Å². The van der Waals surface area contributed by atoms with Gasteiger partial charge in [-0.2, -0.15) is 0 Å². The molecule has 1 aliphatic rings. The van der Waals surface area contributed by atoms with Gasteiger partial charge in [0.05, 0.1) is 0 Å². The summed E-state index contributed by atoms with van der Waals surface area (Å²) in [5.41, 5.74) is 0. The monoisotopic (exact) mass is 243 g/mol. The van der Waals surface area contributed by atoms with E-state index in [0.717, 1.165) is 27.0 Å². The number of carbonyl (C=O) groups excluding carboxylic acids is 1. The Kier molecular flexibility index (Phi) is 2.70. The summed E-state index contributed by atoms with van der Waals surface area (Å²) in [5.74, 6) is -0.142. The van der Waals surface area contributed by atoms with Gasteiger partial charge in [-0.05, 0) is 6.07 Å². The van der Waals surface area contributed by atoms with E-state index >= 15 is 0 Å². The summed E-state index contributed by atoms with van der Waals surface area (Å²) in [4.78, 5) is 24.9. The minimum absolute atomic E-state index is 0.0321. The van der Waals surface area contributed by atoms with Crippen LogP contribution in [0.25, 0.3) is 0 Å². The number of fused-ring (bicyclic) bond motifs is 1. The molecule has 0 radical (unpaired) electrons. The molecule has 1 amide bonds. The summed E-state index contributed by atoms with van der Waals surface area (Å²) in [6, 6.07) is 1.64. The fourth-order valence-electron chi connectivity index (χ4n) is 1.41. The largest absolute Gasteiger partial charge is 0.477 e. The summed E-state index contributed by atoms with van der Waals surface area (Å²) in [5, 5.41) is 9.63. The van der Waals surface area contributed by atoms with E-state index in [0.29, 0.717) is 11.4 Å². The minimum atomic E-state index is -0.932. The van der Waals surface area contributed by atoms with Crippen molar-refractivity contribution in [2.45, 2.75) is 11.8 Å². The number of aromatic carboxylic acids is 1. The first-order valence-electron chi connectivity index (χ1n) is 4.37. The van der Waals surface area contributed by atoms with Crippen LogP contribution < -0.4 is 4.90 Å². The lowest BCUT2D eigenvalue weighted by atomic mass is 10.4. The molecule has 0 spiro atoms. The number of thiophene rings is 1. The van der Waals surface area contributed by atoms with Crippen LogP contribution in [0.4, 0.5) is 5.00 Å². The minimum Gasteiger partial charge on any atom is -0.477 e. The Hall–Kier alpha value is -1.01.